The van der Waals surface area contributed by atoms with Crippen LogP contribution in [0.5, 0.6) is 0 Å². The lowest BCUT2D eigenvalue weighted by molar-refractivity contribution is -0.385. The zero-order chi connectivity index (χ0) is 15.4. The summed E-state index contributed by atoms with van der Waals surface area (Å²) in [5.74, 6) is 0.319. The highest BCUT2D eigenvalue weighted by Gasteiger charge is 2.30. The molecule has 0 aliphatic heterocycles. The van der Waals surface area contributed by atoms with Crippen molar-refractivity contribution >= 4 is 17.3 Å². The minimum Gasteiger partial charge on any atom is -0.388 e. The quantitative estimate of drug-likeness (QED) is 0.619. The van der Waals surface area contributed by atoms with Crippen molar-refractivity contribution in [2.45, 2.75) is 26.2 Å². The molecule has 1 saturated carbocycles. The van der Waals surface area contributed by atoms with E-state index < -0.39 is 4.92 Å². The van der Waals surface area contributed by atoms with Crippen molar-refractivity contribution in [2.24, 2.45) is 5.92 Å². The molecule has 1 amide bonds. The number of carbonyl (C=O) groups is 1. The Balaban J connectivity index is 2.31. The Hall–Kier alpha value is -2.11. The minimum absolute atomic E-state index is 0.129. The summed E-state index contributed by atoms with van der Waals surface area (Å²) in [6.07, 6.45) is 3.14. The molecule has 0 bridgehead atoms. The average Bonchev–Trinajstić information content (AvgIpc) is 3.29. The summed E-state index contributed by atoms with van der Waals surface area (Å²) in [5.41, 5.74) is 0.740. The summed E-state index contributed by atoms with van der Waals surface area (Å²) >= 11 is 0. The largest absolute Gasteiger partial charge is 0.388 e. The van der Waals surface area contributed by atoms with Crippen molar-refractivity contribution in [1.29, 1.82) is 0 Å². The van der Waals surface area contributed by atoms with Gasteiger partial charge >= 0.3 is 0 Å². The smallest absolute Gasteiger partial charge is 0.282 e. The number of nitrogens with zero attached hydrogens (tertiary/aromatic N) is 2. The molecular weight excluding hydrogens is 270 g/mol. The van der Waals surface area contributed by atoms with Crippen LogP contribution in [0.3, 0.4) is 0 Å². The number of benzene rings is 1. The first-order valence-electron chi connectivity index (χ1n) is 7.32. The predicted molar refractivity (Wildman–Crippen MR) is 81.6 cm³/mol. The van der Waals surface area contributed by atoms with E-state index in [0.29, 0.717) is 24.7 Å². The van der Waals surface area contributed by atoms with Crippen LogP contribution in [0.2, 0.25) is 0 Å². The molecule has 1 aliphatic carbocycles. The van der Waals surface area contributed by atoms with Crippen LogP contribution in [-0.4, -0.2) is 35.9 Å². The topological polar surface area (TPSA) is 75.5 Å². The normalized spacial score (nSPS) is 13.8. The maximum atomic E-state index is 12.7. The lowest BCUT2D eigenvalue weighted by atomic mass is 10.1. The molecular formula is C15H21N3O3. The summed E-state index contributed by atoms with van der Waals surface area (Å²) < 4.78 is 0. The van der Waals surface area contributed by atoms with Crippen LogP contribution in [-0.2, 0) is 0 Å². The molecule has 1 aromatic carbocycles. The molecule has 6 heteroatoms. The molecule has 6 nitrogen and oxygen atoms in total. The molecule has 21 heavy (non-hydrogen) atoms. The molecule has 1 N–H and O–H groups in total. The van der Waals surface area contributed by atoms with Crippen LogP contribution in [0.25, 0.3) is 0 Å². The minimum atomic E-state index is -0.492. The standard InChI is InChI=1S/C15H21N3O3/c1-3-8-17(10-11-4-5-11)15(19)13-9-12(16-2)6-7-14(13)18(20)21/h6-7,9,11,16H,3-5,8,10H2,1-2H3. The summed E-state index contributed by atoms with van der Waals surface area (Å²) in [6, 6.07) is 4.57. The molecule has 1 fully saturated rings. The Labute approximate surface area is 124 Å². The van der Waals surface area contributed by atoms with Gasteiger partial charge in [0, 0.05) is 31.9 Å². The van der Waals surface area contributed by atoms with Gasteiger partial charge in [-0.3, -0.25) is 14.9 Å². The van der Waals surface area contributed by atoms with Crippen molar-refractivity contribution in [3.8, 4) is 0 Å². The number of anilines is 1. The first-order chi connectivity index (χ1) is 10.1. The summed E-state index contributed by atoms with van der Waals surface area (Å²) in [7, 11) is 1.73. The van der Waals surface area contributed by atoms with Crippen LogP contribution in [0.1, 0.15) is 36.5 Å². The van der Waals surface area contributed by atoms with E-state index in [1.54, 1.807) is 24.1 Å². The Morgan fingerprint density at radius 3 is 2.71 bits per heavy atom. The zero-order valence-electron chi connectivity index (χ0n) is 12.5. The van der Waals surface area contributed by atoms with Gasteiger partial charge < -0.3 is 10.2 Å². The van der Waals surface area contributed by atoms with Gasteiger partial charge in [-0.15, -0.1) is 0 Å². The predicted octanol–water partition coefficient (Wildman–Crippen LogP) is 2.90. The van der Waals surface area contributed by atoms with Crippen LogP contribution >= 0.6 is 0 Å². The van der Waals surface area contributed by atoms with Gasteiger partial charge in [-0.1, -0.05) is 6.92 Å². The molecule has 114 valence electrons. The van der Waals surface area contributed by atoms with E-state index in [1.807, 2.05) is 6.92 Å². The molecule has 0 unspecified atom stereocenters. The summed E-state index contributed by atoms with van der Waals surface area (Å²) in [6.45, 7) is 3.34. The number of hydrogen-bond acceptors (Lipinski definition) is 4. The molecule has 0 atom stereocenters. The number of hydrogen-bond donors (Lipinski definition) is 1. The second-order valence-corrected chi connectivity index (χ2v) is 5.43. The highest BCUT2D eigenvalue weighted by molar-refractivity contribution is 5.99. The van der Waals surface area contributed by atoms with Crippen molar-refractivity contribution in [3.63, 3.8) is 0 Å². The second-order valence-electron chi connectivity index (χ2n) is 5.43. The van der Waals surface area contributed by atoms with Gasteiger partial charge in [0.1, 0.15) is 5.56 Å². The fraction of sp³-hybridized carbons (Fsp3) is 0.533. The van der Waals surface area contributed by atoms with Gasteiger partial charge in [0.2, 0.25) is 0 Å². The maximum absolute atomic E-state index is 12.7. The summed E-state index contributed by atoms with van der Waals surface area (Å²) in [5, 5.41) is 14.1. The first-order valence-corrected chi connectivity index (χ1v) is 7.32. The van der Waals surface area contributed by atoms with Crippen molar-refractivity contribution in [2.75, 3.05) is 25.5 Å². The van der Waals surface area contributed by atoms with Crippen LogP contribution in [0.4, 0.5) is 11.4 Å². The fourth-order valence-corrected chi connectivity index (χ4v) is 2.35. The molecule has 0 aromatic heterocycles. The number of nitrogens with one attached hydrogen (secondary N) is 1. The number of carbonyl (C=O) groups excluding carboxylic acids is 1. The average molecular weight is 291 g/mol. The van der Waals surface area contributed by atoms with Gasteiger partial charge in [-0.25, -0.2) is 0 Å². The number of rotatable bonds is 7. The highest BCUT2D eigenvalue weighted by atomic mass is 16.6. The molecule has 0 heterocycles. The SMILES string of the molecule is CCCN(CC1CC1)C(=O)c1cc(NC)ccc1[N+](=O)[O-]. The third kappa shape index (κ3) is 3.71. The fourth-order valence-electron chi connectivity index (χ4n) is 2.35. The Kier molecular flexibility index (Phi) is 4.77. The summed E-state index contributed by atoms with van der Waals surface area (Å²) in [4.78, 5) is 25.1. The van der Waals surface area contributed by atoms with Crippen LogP contribution in [0.15, 0.2) is 18.2 Å². The number of nitro groups is 1. The van der Waals surface area contributed by atoms with Gasteiger partial charge in [-0.05, 0) is 37.3 Å². The molecule has 0 radical (unpaired) electrons. The van der Waals surface area contributed by atoms with E-state index in [0.717, 1.165) is 19.3 Å². The van der Waals surface area contributed by atoms with E-state index in [1.165, 1.54) is 6.07 Å². The van der Waals surface area contributed by atoms with E-state index in [4.69, 9.17) is 0 Å². The van der Waals surface area contributed by atoms with Crippen LogP contribution in [0, 0.1) is 16.0 Å². The van der Waals surface area contributed by atoms with Crippen LogP contribution < -0.4 is 5.32 Å². The van der Waals surface area contributed by atoms with E-state index in [2.05, 4.69) is 5.32 Å². The Morgan fingerprint density at radius 2 is 2.19 bits per heavy atom. The molecule has 0 saturated heterocycles. The molecule has 0 spiro atoms. The molecule has 1 aliphatic rings. The van der Waals surface area contributed by atoms with Crippen molar-refractivity contribution in [1.82, 2.24) is 4.90 Å². The second kappa shape index (κ2) is 6.56. The molecule has 1 aromatic rings. The van der Waals surface area contributed by atoms with E-state index in [-0.39, 0.29) is 17.2 Å². The Bertz CT molecular complexity index is 541. The van der Waals surface area contributed by atoms with E-state index >= 15 is 0 Å². The zero-order valence-corrected chi connectivity index (χ0v) is 12.5. The monoisotopic (exact) mass is 291 g/mol. The number of amides is 1. The number of nitro benzene ring substituents is 1. The van der Waals surface area contributed by atoms with Crippen molar-refractivity contribution in [3.05, 3.63) is 33.9 Å². The van der Waals surface area contributed by atoms with Crippen molar-refractivity contribution < 1.29 is 9.72 Å². The maximum Gasteiger partial charge on any atom is 0.282 e. The van der Waals surface area contributed by atoms with E-state index in [9.17, 15) is 14.9 Å². The molecule has 2 rings (SSSR count). The van der Waals surface area contributed by atoms with Gasteiger partial charge in [0.15, 0.2) is 0 Å². The third-order valence-electron chi connectivity index (χ3n) is 3.67. The van der Waals surface area contributed by atoms with Gasteiger partial charge in [-0.2, -0.15) is 0 Å². The lowest BCUT2D eigenvalue weighted by Gasteiger charge is -2.22. The third-order valence-corrected chi connectivity index (χ3v) is 3.67. The lowest BCUT2D eigenvalue weighted by Crippen LogP contribution is -2.34. The van der Waals surface area contributed by atoms with Gasteiger partial charge in [0.05, 0.1) is 4.92 Å². The van der Waals surface area contributed by atoms with Gasteiger partial charge in [0.25, 0.3) is 11.6 Å². The highest BCUT2D eigenvalue weighted by Crippen LogP contribution is 2.31. The Morgan fingerprint density at radius 1 is 1.48 bits per heavy atom. The first kappa shape index (κ1) is 15.3.